The van der Waals surface area contributed by atoms with Crippen molar-refractivity contribution in [3.8, 4) is 0 Å². The molecular weight excluding hydrogens is 364 g/mol. The van der Waals surface area contributed by atoms with E-state index in [9.17, 15) is 9.59 Å². The van der Waals surface area contributed by atoms with Gasteiger partial charge in [-0.05, 0) is 37.8 Å². The molecule has 2 N–H and O–H groups in total. The average molecular weight is 401 g/mol. The Bertz CT molecular complexity index is 679. The predicted molar refractivity (Wildman–Crippen MR) is 117 cm³/mol. The van der Waals surface area contributed by atoms with Crippen LogP contribution >= 0.6 is 0 Å². The first-order valence-corrected chi connectivity index (χ1v) is 11.2. The van der Waals surface area contributed by atoms with Crippen molar-refractivity contribution in [2.24, 2.45) is 0 Å². The molecule has 1 aliphatic heterocycles. The maximum atomic E-state index is 12.6. The van der Waals surface area contributed by atoms with Crippen molar-refractivity contribution in [2.45, 2.75) is 64.5 Å². The molecule has 6 nitrogen and oxygen atoms in total. The van der Waals surface area contributed by atoms with Gasteiger partial charge >= 0.3 is 0 Å². The minimum atomic E-state index is -0.107. The zero-order valence-electron chi connectivity index (χ0n) is 18.0. The topological polar surface area (TPSA) is 64.7 Å². The number of nitrogens with zero attached hydrogens (tertiary/aromatic N) is 2. The number of para-hydroxylation sites is 1. The second-order valence-electron chi connectivity index (χ2n) is 8.39. The summed E-state index contributed by atoms with van der Waals surface area (Å²) in [7, 11) is 0. The highest BCUT2D eigenvalue weighted by Gasteiger charge is 2.27. The third kappa shape index (κ3) is 6.28. The predicted octanol–water partition coefficient (Wildman–Crippen LogP) is 2.64. The summed E-state index contributed by atoms with van der Waals surface area (Å²) in [4.78, 5) is 29.5. The monoisotopic (exact) mass is 400 g/mol. The van der Waals surface area contributed by atoms with Crippen molar-refractivity contribution in [2.75, 3.05) is 38.0 Å². The molecule has 0 radical (unpaired) electrons. The smallest absolute Gasteiger partial charge is 0.238 e. The van der Waals surface area contributed by atoms with Crippen LogP contribution in [0.4, 0.5) is 5.69 Å². The fourth-order valence-corrected chi connectivity index (χ4v) is 4.39. The highest BCUT2D eigenvalue weighted by Crippen LogP contribution is 2.18. The summed E-state index contributed by atoms with van der Waals surface area (Å²) in [5.41, 5.74) is 2.06. The summed E-state index contributed by atoms with van der Waals surface area (Å²) in [6.45, 7) is 7.75. The molecule has 2 fully saturated rings. The molecule has 1 aromatic carbocycles. The molecule has 1 aromatic rings. The van der Waals surface area contributed by atoms with E-state index >= 15 is 0 Å². The summed E-state index contributed by atoms with van der Waals surface area (Å²) in [5, 5.41) is 6.29. The number of benzene rings is 1. The Morgan fingerprint density at radius 3 is 2.45 bits per heavy atom. The number of carbonyl (C=O) groups is 2. The van der Waals surface area contributed by atoms with E-state index in [0.29, 0.717) is 12.6 Å². The molecule has 0 aromatic heterocycles. The van der Waals surface area contributed by atoms with E-state index in [-0.39, 0.29) is 17.9 Å². The molecule has 0 unspecified atom stereocenters. The number of hydrogen-bond acceptors (Lipinski definition) is 4. The van der Waals surface area contributed by atoms with Gasteiger partial charge in [0.25, 0.3) is 0 Å². The van der Waals surface area contributed by atoms with E-state index in [1.54, 1.807) is 0 Å². The molecule has 1 heterocycles. The van der Waals surface area contributed by atoms with Gasteiger partial charge in [0.1, 0.15) is 0 Å². The highest BCUT2D eigenvalue weighted by molar-refractivity contribution is 5.93. The largest absolute Gasteiger partial charge is 0.352 e. The molecule has 1 atom stereocenters. The second-order valence-corrected chi connectivity index (χ2v) is 8.39. The molecule has 1 saturated heterocycles. The van der Waals surface area contributed by atoms with Crippen molar-refractivity contribution in [1.82, 2.24) is 15.1 Å². The molecule has 0 spiro atoms. The van der Waals surface area contributed by atoms with Crippen molar-refractivity contribution in [1.29, 1.82) is 0 Å². The first-order valence-electron chi connectivity index (χ1n) is 11.2. The number of piperazine rings is 1. The minimum Gasteiger partial charge on any atom is -0.352 e. The first-order chi connectivity index (χ1) is 14.1. The van der Waals surface area contributed by atoms with Crippen molar-refractivity contribution in [3.05, 3.63) is 29.8 Å². The zero-order chi connectivity index (χ0) is 20.6. The van der Waals surface area contributed by atoms with E-state index in [0.717, 1.165) is 56.7 Å². The Labute approximate surface area is 175 Å². The van der Waals surface area contributed by atoms with Crippen LogP contribution in [0.5, 0.6) is 0 Å². The van der Waals surface area contributed by atoms with Gasteiger partial charge in [0.05, 0.1) is 12.6 Å². The molecule has 2 amide bonds. The van der Waals surface area contributed by atoms with Gasteiger partial charge in [0.15, 0.2) is 0 Å². The van der Waals surface area contributed by atoms with E-state index in [1.165, 1.54) is 19.3 Å². The lowest BCUT2D eigenvalue weighted by Gasteiger charge is -2.37. The summed E-state index contributed by atoms with van der Waals surface area (Å²) < 4.78 is 0. The van der Waals surface area contributed by atoms with Crippen LogP contribution in [0.3, 0.4) is 0 Å². The Kier molecular flexibility index (Phi) is 8.07. The van der Waals surface area contributed by atoms with Gasteiger partial charge < -0.3 is 10.6 Å². The van der Waals surface area contributed by atoms with Crippen molar-refractivity contribution < 1.29 is 9.59 Å². The number of aryl methyl sites for hydroxylation is 1. The first kappa shape index (κ1) is 21.8. The van der Waals surface area contributed by atoms with Crippen LogP contribution in [0.15, 0.2) is 24.3 Å². The Morgan fingerprint density at radius 1 is 1.07 bits per heavy atom. The SMILES string of the molecule is CCc1ccccc1NC(=O)CN1CCN([C@@H](C)C(=O)NC2CCCCC2)CC1. The molecule has 6 heteroatoms. The van der Waals surface area contributed by atoms with E-state index in [2.05, 4.69) is 27.4 Å². The minimum absolute atomic E-state index is 0.0300. The Balaban J connectivity index is 1.41. The van der Waals surface area contributed by atoms with Crippen LogP contribution < -0.4 is 10.6 Å². The van der Waals surface area contributed by atoms with E-state index < -0.39 is 0 Å². The lowest BCUT2D eigenvalue weighted by molar-refractivity contribution is -0.128. The summed E-state index contributed by atoms with van der Waals surface area (Å²) in [6, 6.07) is 8.21. The maximum Gasteiger partial charge on any atom is 0.238 e. The third-order valence-electron chi connectivity index (χ3n) is 6.33. The summed E-state index contributed by atoms with van der Waals surface area (Å²) in [6.07, 6.45) is 6.87. The molecule has 1 aliphatic carbocycles. The molecule has 29 heavy (non-hydrogen) atoms. The lowest BCUT2D eigenvalue weighted by Crippen LogP contribution is -2.55. The number of hydrogen-bond donors (Lipinski definition) is 2. The molecule has 2 aliphatic rings. The lowest BCUT2D eigenvalue weighted by atomic mass is 9.95. The number of nitrogens with one attached hydrogen (secondary N) is 2. The number of carbonyl (C=O) groups excluding carboxylic acids is 2. The van der Waals surface area contributed by atoms with Crippen molar-refractivity contribution >= 4 is 17.5 Å². The van der Waals surface area contributed by atoms with Gasteiger partial charge in [0.2, 0.25) is 11.8 Å². The summed E-state index contributed by atoms with van der Waals surface area (Å²) >= 11 is 0. The maximum absolute atomic E-state index is 12.6. The molecule has 0 bridgehead atoms. The van der Waals surface area contributed by atoms with Gasteiger partial charge in [-0.15, -0.1) is 0 Å². The zero-order valence-corrected chi connectivity index (χ0v) is 18.0. The summed E-state index contributed by atoms with van der Waals surface area (Å²) in [5.74, 6) is 0.182. The van der Waals surface area contributed by atoms with Crippen LogP contribution in [-0.4, -0.2) is 66.4 Å². The third-order valence-corrected chi connectivity index (χ3v) is 6.33. The van der Waals surface area contributed by atoms with E-state index in [1.807, 2.05) is 31.2 Å². The molecule has 160 valence electrons. The fourth-order valence-electron chi connectivity index (χ4n) is 4.39. The fraction of sp³-hybridized carbons (Fsp3) is 0.652. The van der Waals surface area contributed by atoms with Crippen LogP contribution in [0.25, 0.3) is 0 Å². The van der Waals surface area contributed by atoms with Gasteiger partial charge in [-0.3, -0.25) is 19.4 Å². The second kappa shape index (κ2) is 10.7. The van der Waals surface area contributed by atoms with Gasteiger partial charge in [-0.2, -0.15) is 0 Å². The van der Waals surface area contributed by atoms with Crippen LogP contribution in [0.1, 0.15) is 51.5 Å². The molecule has 3 rings (SSSR count). The van der Waals surface area contributed by atoms with Crippen LogP contribution in [0, 0.1) is 0 Å². The molecular formula is C23H36N4O2. The quantitative estimate of drug-likeness (QED) is 0.739. The molecule has 1 saturated carbocycles. The van der Waals surface area contributed by atoms with Gasteiger partial charge in [-0.1, -0.05) is 44.4 Å². The average Bonchev–Trinajstić information content (AvgIpc) is 2.75. The van der Waals surface area contributed by atoms with Gasteiger partial charge in [0, 0.05) is 37.9 Å². The van der Waals surface area contributed by atoms with E-state index in [4.69, 9.17) is 0 Å². The normalized spacial score (nSPS) is 20.2. The Hall–Kier alpha value is -1.92. The van der Waals surface area contributed by atoms with Gasteiger partial charge in [-0.25, -0.2) is 0 Å². The Morgan fingerprint density at radius 2 is 1.76 bits per heavy atom. The van der Waals surface area contributed by atoms with Crippen LogP contribution in [0.2, 0.25) is 0 Å². The number of amides is 2. The number of rotatable bonds is 7. The number of anilines is 1. The highest BCUT2D eigenvalue weighted by atomic mass is 16.2. The van der Waals surface area contributed by atoms with Crippen molar-refractivity contribution in [3.63, 3.8) is 0 Å². The standard InChI is InChI=1S/C23H36N4O2/c1-3-19-9-7-8-12-21(19)25-22(28)17-26-13-15-27(16-14-26)18(2)23(29)24-20-10-5-4-6-11-20/h7-9,12,18,20H,3-6,10-11,13-17H2,1-2H3,(H,24,29)(H,25,28)/t18-/m0/s1. The van der Waals surface area contributed by atoms with Crippen LogP contribution in [-0.2, 0) is 16.0 Å².